The zero-order chi connectivity index (χ0) is 17.9. The molecule has 7 nitrogen and oxygen atoms in total. The van der Waals surface area contributed by atoms with Crippen molar-refractivity contribution in [1.82, 2.24) is 19.9 Å². The third-order valence-electron chi connectivity index (χ3n) is 4.53. The van der Waals surface area contributed by atoms with Gasteiger partial charge in [-0.2, -0.15) is 5.10 Å². The van der Waals surface area contributed by atoms with Gasteiger partial charge in [-0.25, -0.2) is 9.50 Å². The van der Waals surface area contributed by atoms with Crippen molar-refractivity contribution in [2.24, 2.45) is 0 Å². The first-order valence-electron chi connectivity index (χ1n) is 8.68. The Labute approximate surface area is 150 Å². The van der Waals surface area contributed by atoms with E-state index in [-0.39, 0.29) is 11.8 Å². The zero-order valence-corrected chi connectivity index (χ0v) is 14.3. The second-order valence-corrected chi connectivity index (χ2v) is 6.30. The Balaban J connectivity index is 1.48. The van der Waals surface area contributed by atoms with Gasteiger partial charge in [-0.15, -0.1) is 0 Å². The molecule has 1 N–H and O–H groups in total. The van der Waals surface area contributed by atoms with Gasteiger partial charge >= 0.3 is 0 Å². The summed E-state index contributed by atoms with van der Waals surface area (Å²) in [5, 5.41) is 6.99. The van der Waals surface area contributed by atoms with Crippen LogP contribution in [0.5, 0.6) is 0 Å². The van der Waals surface area contributed by atoms with Crippen LogP contribution in [-0.4, -0.2) is 33.0 Å². The van der Waals surface area contributed by atoms with Crippen molar-refractivity contribution in [1.29, 1.82) is 0 Å². The van der Waals surface area contributed by atoms with E-state index >= 15 is 0 Å². The van der Waals surface area contributed by atoms with E-state index in [0.717, 1.165) is 30.6 Å². The van der Waals surface area contributed by atoms with Crippen LogP contribution >= 0.6 is 0 Å². The number of carbonyl (C=O) groups is 2. The largest absolute Gasteiger partial charge is 0.347 e. The normalized spacial score (nSPS) is 14.6. The van der Waals surface area contributed by atoms with Crippen molar-refractivity contribution in [3.05, 3.63) is 60.0 Å². The standard InChI is InChI=1S/C19H19N5O2/c25-18-9-1-2-10-23(18)15-6-3-5-14(11-15)12-20-19(26)16-7-4-8-17-21-13-22-24(16)17/h3-8,11,13H,1-2,9-10,12H2,(H,20,26). The molecule has 1 fully saturated rings. The van der Waals surface area contributed by atoms with Gasteiger partial charge in [0, 0.05) is 25.2 Å². The molecule has 0 atom stereocenters. The molecule has 0 unspecified atom stereocenters. The number of carbonyl (C=O) groups excluding carboxylic acids is 2. The first-order chi connectivity index (χ1) is 12.7. The molecule has 0 radical (unpaired) electrons. The van der Waals surface area contributed by atoms with Crippen molar-refractivity contribution in [3.8, 4) is 0 Å². The number of nitrogens with zero attached hydrogens (tertiary/aromatic N) is 4. The molecule has 7 heteroatoms. The molecular weight excluding hydrogens is 330 g/mol. The first kappa shape index (κ1) is 16.3. The minimum Gasteiger partial charge on any atom is -0.347 e. The maximum atomic E-state index is 12.5. The van der Waals surface area contributed by atoms with E-state index in [9.17, 15) is 9.59 Å². The number of aromatic nitrogens is 3. The fourth-order valence-corrected chi connectivity index (χ4v) is 3.20. The van der Waals surface area contributed by atoms with Crippen LogP contribution < -0.4 is 10.2 Å². The van der Waals surface area contributed by atoms with Gasteiger partial charge in [0.25, 0.3) is 5.91 Å². The molecule has 0 bridgehead atoms. The molecule has 1 aliphatic rings. The Morgan fingerprint density at radius 3 is 2.92 bits per heavy atom. The summed E-state index contributed by atoms with van der Waals surface area (Å²) >= 11 is 0. The molecule has 4 rings (SSSR count). The van der Waals surface area contributed by atoms with Crippen LogP contribution in [0.4, 0.5) is 5.69 Å². The van der Waals surface area contributed by atoms with Gasteiger partial charge in [0.2, 0.25) is 5.91 Å². The molecule has 3 aromatic rings. The van der Waals surface area contributed by atoms with Crippen LogP contribution in [0.3, 0.4) is 0 Å². The van der Waals surface area contributed by atoms with Crippen LogP contribution in [0.1, 0.15) is 35.3 Å². The molecule has 0 spiro atoms. The van der Waals surface area contributed by atoms with Crippen molar-refractivity contribution >= 4 is 23.1 Å². The lowest BCUT2D eigenvalue weighted by atomic mass is 10.1. The average Bonchev–Trinajstić information content (AvgIpc) is 3.15. The van der Waals surface area contributed by atoms with Crippen molar-refractivity contribution < 1.29 is 9.59 Å². The van der Waals surface area contributed by atoms with Crippen LogP contribution in [0.15, 0.2) is 48.8 Å². The van der Waals surface area contributed by atoms with E-state index in [1.165, 1.54) is 10.8 Å². The highest BCUT2D eigenvalue weighted by molar-refractivity contribution is 5.94. The lowest BCUT2D eigenvalue weighted by Crippen LogP contribution is -2.35. The number of benzene rings is 1. The van der Waals surface area contributed by atoms with E-state index in [0.29, 0.717) is 24.3 Å². The highest BCUT2D eigenvalue weighted by atomic mass is 16.2. The monoisotopic (exact) mass is 349 g/mol. The quantitative estimate of drug-likeness (QED) is 0.783. The molecular formula is C19H19N5O2. The SMILES string of the molecule is O=C(NCc1cccc(N2CCCCC2=O)c1)c1cccc2ncnn12. The zero-order valence-electron chi connectivity index (χ0n) is 14.3. The predicted octanol–water partition coefficient (Wildman–Crippen LogP) is 2.18. The fourth-order valence-electron chi connectivity index (χ4n) is 3.20. The lowest BCUT2D eigenvalue weighted by molar-refractivity contribution is -0.119. The molecule has 1 saturated heterocycles. The topological polar surface area (TPSA) is 79.6 Å². The molecule has 1 aliphatic heterocycles. The predicted molar refractivity (Wildman–Crippen MR) is 96.8 cm³/mol. The van der Waals surface area contributed by atoms with Gasteiger partial charge in [0.1, 0.15) is 12.0 Å². The Bertz CT molecular complexity index is 965. The molecule has 0 saturated carbocycles. The number of nitrogens with one attached hydrogen (secondary N) is 1. The Morgan fingerprint density at radius 1 is 1.15 bits per heavy atom. The average molecular weight is 349 g/mol. The van der Waals surface area contributed by atoms with Crippen molar-refractivity contribution in [2.45, 2.75) is 25.8 Å². The minimum absolute atomic E-state index is 0.162. The Hall–Kier alpha value is -3.22. The second kappa shape index (κ2) is 6.95. The summed E-state index contributed by atoms with van der Waals surface area (Å²) in [6.07, 6.45) is 4.00. The highest BCUT2D eigenvalue weighted by Gasteiger charge is 2.19. The van der Waals surface area contributed by atoms with Crippen LogP contribution in [0, 0.1) is 0 Å². The third kappa shape index (κ3) is 3.15. The summed E-state index contributed by atoms with van der Waals surface area (Å²) in [5.74, 6) is -0.0594. The first-order valence-corrected chi connectivity index (χ1v) is 8.68. The smallest absolute Gasteiger partial charge is 0.270 e. The number of hydrogen-bond acceptors (Lipinski definition) is 4. The van der Waals surface area contributed by atoms with Gasteiger partial charge in [0.15, 0.2) is 5.65 Å². The van der Waals surface area contributed by atoms with Gasteiger partial charge < -0.3 is 10.2 Å². The second-order valence-electron chi connectivity index (χ2n) is 6.30. The van der Waals surface area contributed by atoms with Gasteiger partial charge in [-0.1, -0.05) is 18.2 Å². The Morgan fingerprint density at radius 2 is 2.04 bits per heavy atom. The van der Waals surface area contributed by atoms with Crippen molar-refractivity contribution in [3.63, 3.8) is 0 Å². The van der Waals surface area contributed by atoms with E-state index in [1.54, 1.807) is 18.2 Å². The molecule has 1 aromatic carbocycles. The molecule has 2 amide bonds. The van der Waals surface area contributed by atoms with E-state index < -0.39 is 0 Å². The van der Waals surface area contributed by atoms with E-state index in [2.05, 4.69) is 15.4 Å². The lowest BCUT2D eigenvalue weighted by Gasteiger charge is -2.27. The summed E-state index contributed by atoms with van der Waals surface area (Å²) in [6, 6.07) is 13.0. The molecule has 26 heavy (non-hydrogen) atoms. The van der Waals surface area contributed by atoms with Crippen LogP contribution in [0.25, 0.3) is 5.65 Å². The summed E-state index contributed by atoms with van der Waals surface area (Å²) in [4.78, 5) is 30.5. The summed E-state index contributed by atoms with van der Waals surface area (Å²) < 4.78 is 1.51. The highest BCUT2D eigenvalue weighted by Crippen LogP contribution is 2.22. The van der Waals surface area contributed by atoms with Gasteiger partial charge in [0.05, 0.1) is 0 Å². The molecule has 2 aromatic heterocycles. The number of piperidine rings is 1. The summed E-state index contributed by atoms with van der Waals surface area (Å²) in [5.41, 5.74) is 2.89. The number of fused-ring (bicyclic) bond motifs is 1. The van der Waals surface area contributed by atoms with Crippen LogP contribution in [0.2, 0.25) is 0 Å². The van der Waals surface area contributed by atoms with E-state index in [4.69, 9.17) is 0 Å². The number of rotatable bonds is 4. The third-order valence-corrected chi connectivity index (χ3v) is 4.53. The molecule has 132 valence electrons. The maximum absolute atomic E-state index is 12.5. The number of amides is 2. The Kier molecular flexibility index (Phi) is 4.35. The van der Waals surface area contributed by atoms with Gasteiger partial charge in [-0.3, -0.25) is 9.59 Å². The number of pyridine rings is 1. The molecule has 3 heterocycles. The van der Waals surface area contributed by atoms with Crippen LogP contribution in [-0.2, 0) is 11.3 Å². The number of anilines is 1. The summed E-state index contributed by atoms with van der Waals surface area (Å²) in [7, 11) is 0. The van der Waals surface area contributed by atoms with Gasteiger partial charge in [-0.05, 0) is 42.7 Å². The minimum atomic E-state index is -0.222. The summed E-state index contributed by atoms with van der Waals surface area (Å²) in [6.45, 7) is 1.13. The van der Waals surface area contributed by atoms with E-state index in [1.807, 2.05) is 29.2 Å². The van der Waals surface area contributed by atoms with Crippen molar-refractivity contribution in [2.75, 3.05) is 11.4 Å². The number of hydrogen-bond donors (Lipinski definition) is 1. The maximum Gasteiger partial charge on any atom is 0.270 e. The fraction of sp³-hybridized carbons (Fsp3) is 0.263. The molecule has 0 aliphatic carbocycles.